The van der Waals surface area contributed by atoms with E-state index in [1.54, 1.807) is 0 Å². The number of nitrogens with one attached hydrogen (secondary N) is 2. The van der Waals surface area contributed by atoms with Gasteiger partial charge in [0.05, 0.1) is 0 Å². The predicted molar refractivity (Wildman–Crippen MR) is 91.9 cm³/mol. The SMILES string of the molecule is C[C@H](NC(=O)COC(=O)CN1C(=O)N[C@]2(CCCC[C@@H]2C)C1=O)C1CC1. The Kier molecular flexibility index (Phi) is 5.20. The number of esters is 1. The fraction of sp³-hybridized carbons (Fsp3) is 0.778. The van der Waals surface area contributed by atoms with Crippen LogP contribution in [-0.2, 0) is 19.1 Å². The maximum absolute atomic E-state index is 12.8. The molecule has 26 heavy (non-hydrogen) atoms. The number of carbonyl (C=O) groups excluding carboxylic acids is 4. The maximum Gasteiger partial charge on any atom is 0.326 e. The van der Waals surface area contributed by atoms with Gasteiger partial charge in [-0.25, -0.2) is 4.79 Å². The van der Waals surface area contributed by atoms with E-state index in [1.165, 1.54) is 0 Å². The first-order valence-corrected chi connectivity index (χ1v) is 9.42. The summed E-state index contributed by atoms with van der Waals surface area (Å²) in [6.45, 7) is 3.01. The van der Waals surface area contributed by atoms with Crippen LogP contribution in [0.1, 0.15) is 52.4 Å². The zero-order valence-electron chi connectivity index (χ0n) is 15.4. The molecule has 0 aromatic carbocycles. The van der Waals surface area contributed by atoms with E-state index in [0.29, 0.717) is 12.3 Å². The van der Waals surface area contributed by atoms with Crippen LogP contribution in [0.25, 0.3) is 0 Å². The third kappa shape index (κ3) is 3.68. The first kappa shape index (κ1) is 18.7. The molecule has 0 aromatic rings. The second-order valence-electron chi connectivity index (χ2n) is 7.79. The molecule has 1 spiro atoms. The van der Waals surface area contributed by atoms with Gasteiger partial charge in [-0.05, 0) is 44.4 Å². The zero-order chi connectivity index (χ0) is 18.9. The van der Waals surface area contributed by atoms with Gasteiger partial charge in [-0.15, -0.1) is 0 Å². The first-order valence-electron chi connectivity index (χ1n) is 9.42. The third-order valence-corrected chi connectivity index (χ3v) is 5.87. The van der Waals surface area contributed by atoms with E-state index in [0.717, 1.165) is 37.0 Å². The molecule has 0 aromatic heterocycles. The van der Waals surface area contributed by atoms with Crippen molar-refractivity contribution in [3.8, 4) is 0 Å². The number of rotatable bonds is 6. The highest BCUT2D eigenvalue weighted by atomic mass is 16.5. The normalized spacial score (nSPS) is 29.5. The lowest BCUT2D eigenvalue weighted by Gasteiger charge is -2.36. The average Bonchev–Trinajstić information content (AvgIpc) is 3.41. The summed E-state index contributed by atoms with van der Waals surface area (Å²) in [5.41, 5.74) is -0.896. The van der Waals surface area contributed by atoms with Crippen LogP contribution in [0.5, 0.6) is 0 Å². The lowest BCUT2D eigenvalue weighted by atomic mass is 9.73. The number of nitrogens with zero attached hydrogens (tertiary/aromatic N) is 1. The number of ether oxygens (including phenoxy) is 1. The molecular weight excluding hydrogens is 338 g/mol. The van der Waals surface area contributed by atoms with Crippen molar-refractivity contribution in [3.05, 3.63) is 0 Å². The Morgan fingerprint density at radius 2 is 2.04 bits per heavy atom. The van der Waals surface area contributed by atoms with Gasteiger partial charge in [-0.2, -0.15) is 0 Å². The van der Waals surface area contributed by atoms with Crippen LogP contribution in [0.2, 0.25) is 0 Å². The van der Waals surface area contributed by atoms with Gasteiger partial charge in [0.2, 0.25) is 0 Å². The second-order valence-corrected chi connectivity index (χ2v) is 7.79. The predicted octanol–water partition coefficient (Wildman–Crippen LogP) is 0.945. The van der Waals surface area contributed by atoms with Crippen molar-refractivity contribution in [1.82, 2.24) is 15.5 Å². The standard InChI is InChI=1S/C18H27N3O5/c1-11-5-3-4-8-18(11)16(24)21(17(25)20-18)9-15(23)26-10-14(22)19-12(2)13-6-7-13/h11-13H,3-10H2,1-2H3,(H,19,22)(H,20,25)/t11-,12-,18-/m0/s1. The summed E-state index contributed by atoms with van der Waals surface area (Å²) in [7, 11) is 0. The van der Waals surface area contributed by atoms with Gasteiger partial charge in [0.15, 0.2) is 6.61 Å². The van der Waals surface area contributed by atoms with Gasteiger partial charge in [0.1, 0.15) is 12.1 Å². The monoisotopic (exact) mass is 365 g/mol. The van der Waals surface area contributed by atoms with E-state index in [4.69, 9.17) is 4.74 Å². The minimum Gasteiger partial charge on any atom is -0.454 e. The van der Waals surface area contributed by atoms with Gasteiger partial charge in [-0.1, -0.05) is 19.8 Å². The summed E-state index contributed by atoms with van der Waals surface area (Å²) in [6, 6.07) is -0.493. The quantitative estimate of drug-likeness (QED) is 0.538. The lowest BCUT2D eigenvalue weighted by molar-refractivity contribution is -0.151. The summed E-state index contributed by atoms with van der Waals surface area (Å²) in [6.07, 6.45) is 5.56. The Morgan fingerprint density at radius 3 is 2.69 bits per heavy atom. The number of hydrogen-bond donors (Lipinski definition) is 2. The van der Waals surface area contributed by atoms with Crippen LogP contribution in [0, 0.1) is 11.8 Å². The Labute approximate surface area is 153 Å². The molecule has 144 valence electrons. The van der Waals surface area contributed by atoms with Crippen LogP contribution in [0.3, 0.4) is 0 Å². The molecule has 8 heteroatoms. The molecule has 3 rings (SSSR count). The van der Waals surface area contributed by atoms with E-state index in [1.807, 2.05) is 13.8 Å². The second kappa shape index (κ2) is 7.25. The molecule has 0 radical (unpaired) electrons. The van der Waals surface area contributed by atoms with Crippen molar-refractivity contribution < 1.29 is 23.9 Å². The molecule has 0 bridgehead atoms. The van der Waals surface area contributed by atoms with Gasteiger partial charge in [0, 0.05) is 6.04 Å². The smallest absolute Gasteiger partial charge is 0.326 e. The lowest BCUT2D eigenvalue weighted by Crippen LogP contribution is -2.54. The number of urea groups is 1. The number of amides is 4. The van der Waals surface area contributed by atoms with Gasteiger partial charge < -0.3 is 15.4 Å². The summed E-state index contributed by atoms with van der Waals surface area (Å²) in [5.74, 6) is -0.952. The third-order valence-electron chi connectivity index (χ3n) is 5.87. The Bertz CT molecular complexity index is 618. The van der Waals surface area contributed by atoms with Crippen LogP contribution in [-0.4, -0.2) is 53.4 Å². The number of carbonyl (C=O) groups is 4. The molecule has 3 fully saturated rings. The fourth-order valence-corrected chi connectivity index (χ4v) is 3.97. The highest BCUT2D eigenvalue weighted by Crippen LogP contribution is 2.38. The van der Waals surface area contributed by atoms with Crippen molar-refractivity contribution in [2.75, 3.05) is 13.2 Å². The molecule has 2 N–H and O–H groups in total. The van der Waals surface area contributed by atoms with Crippen molar-refractivity contribution in [3.63, 3.8) is 0 Å². The van der Waals surface area contributed by atoms with E-state index >= 15 is 0 Å². The highest BCUT2D eigenvalue weighted by molar-refractivity contribution is 6.09. The number of imide groups is 1. The Hall–Kier alpha value is -2.12. The van der Waals surface area contributed by atoms with E-state index in [2.05, 4.69) is 10.6 Å². The minimum absolute atomic E-state index is 0.0309. The molecule has 1 aliphatic heterocycles. The summed E-state index contributed by atoms with van der Waals surface area (Å²) in [5, 5.41) is 5.57. The van der Waals surface area contributed by atoms with Gasteiger partial charge in [-0.3, -0.25) is 19.3 Å². The summed E-state index contributed by atoms with van der Waals surface area (Å²) in [4.78, 5) is 49.7. The molecular formula is C18H27N3O5. The van der Waals surface area contributed by atoms with Crippen molar-refractivity contribution in [2.45, 2.75) is 64.0 Å². The largest absolute Gasteiger partial charge is 0.454 e. The molecule has 1 saturated heterocycles. The molecule has 3 atom stereocenters. The van der Waals surface area contributed by atoms with Crippen molar-refractivity contribution >= 4 is 23.8 Å². The molecule has 2 aliphatic carbocycles. The molecule has 1 heterocycles. The molecule has 0 unspecified atom stereocenters. The molecule has 4 amide bonds. The van der Waals surface area contributed by atoms with Crippen LogP contribution in [0.15, 0.2) is 0 Å². The Morgan fingerprint density at radius 1 is 1.31 bits per heavy atom. The van der Waals surface area contributed by atoms with E-state index in [-0.39, 0.29) is 23.8 Å². The topological polar surface area (TPSA) is 105 Å². The zero-order valence-corrected chi connectivity index (χ0v) is 15.4. The minimum atomic E-state index is -0.896. The first-order chi connectivity index (χ1) is 12.3. The van der Waals surface area contributed by atoms with E-state index < -0.39 is 30.7 Å². The van der Waals surface area contributed by atoms with Gasteiger partial charge in [0.25, 0.3) is 11.8 Å². The summed E-state index contributed by atoms with van der Waals surface area (Å²) >= 11 is 0. The molecule has 8 nitrogen and oxygen atoms in total. The molecule has 2 saturated carbocycles. The highest BCUT2D eigenvalue weighted by Gasteiger charge is 2.55. The van der Waals surface area contributed by atoms with Crippen molar-refractivity contribution in [1.29, 1.82) is 0 Å². The maximum atomic E-state index is 12.8. The number of hydrogen-bond acceptors (Lipinski definition) is 5. The average molecular weight is 365 g/mol. The van der Waals surface area contributed by atoms with Crippen molar-refractivity contribution in [2.24, 2.45) is 11.8 Å². The van der Waals surface area contributed by atoms with Gasteiger partial charge >= 0.3 is 12.0 Å². The summed E-state index contributed by atoms with van der Waals surface area (Å²) < 4.78 is 4.94. The molecule has 3 aliphatic rings. The van der Waals surface area contributed by atoms with Crippen LogP contribution >= 0.6 is 0 Å². The Balaban J connectivity index is 1.50. The van der Waals surface area contributed by atoms with Crippen LogP contribution < -0.4 is 10.6 Å². The fourth-order valence-electron chi connectivity index (χ4n) is 3.97. The van der Waals surface area contributed by atoms with Crippen LogP contribution in [0.4, 0.5) is 4.79 Å². The van der Waals surface area contributed by atoms with E-state index in [9.17, 15) is 19.2 Å².